The highest BCUT2D eigenvalue weighted by Gasteiger charge is 2.24. The molecule has 1 fully saturated rings. The van der Waals surface area contributed by atoms with E-state index in [9.17, 15) is 4.79 Å². The molecule has 0 spiro atoms. The van der Waals surface area contributed by atoms with Crippen LogP contribution in [-0.4, -0.2) is 30.8 Å². The summed E-state index contributed by atoms with van der Waals surface area (Å²) in [6, 6.07) is 6.82. The Kier molecular flexibility index (Phi) is 3.07. The zero-order valence-corrected chi connectivity index (χ0v) is 8.89. The largest absolute Gasteiger partial charge is 0.394 e. The molecule has 1 heterocycles. The minimum absolute atomic E-state index is 0.113. The summed E-state index contributed by atoms with van der Waals surface area (Å²) in [6.45, 7) is 1.14. The number of hydrogen-bond donors (Lipinski definition) is 3. The summed E-state index contributed by atoms with van der Waals surface area (Å²) in [5, 5.41) is 11.8. The second kappa shape index (κ2) is 4.51. The Morgan fingerprint density at radius 3 is 2.88 bits per heavy atom. The molecule has 1 saturated heterocycles. The van der Waals surface area contributed by atoms with Gasteiger partial charge in [0, 0.05) is 13.1 Å². The number of urea groups is 1. The van der Waals surface area contributed by atoms with Crippen molar-refractivity contribution in [2.75, 3.05) is 24.6 Å². The number of amides is 2. The summed E-state index contributed by atoms with van der Waals surface area (Å²) in [6.07, 6.45) is 0. The van der Waals surface area contributed by atoms with E-state index in [1.165, 1.54) is 0 Å². The molecule has 86 valence electrons. The minimum Gasteiger partial charge on any atom is -0.394 e. The van der Waals surface area contributed by atoms with Crippen LogP contribution in [0.15, 0.2) is 24.3 Å². The van der Waals surface area contributed by atoms with Crippen molar-refractivity contribution in [3.63, 3.8) is 0 Å². The first-order valence-corrected chi connectivity index (χ1v) is 5.24. The van der Waals surface area contributed by atoms with Gasteiger partial charge in [0.25, 0.3) is 0 Å². The Bertz CT molecular complexity index is 395. The van der Waals surface area contributed by atoms with E-state index in [1.807, 2.05) is 24.3 Å². The highest BCUT2D eigenvalue weighted by molar-refractivity contribution is 5.94. The van der Waals surface area contributed by atoms with Gasteiger partial charge in [0.2, 0.25) is 0 Å². The SMILES string of the molecule is NC(CO)c1ccccc1N1CCNC1=O. The monoisotopic (exact) mass is 221 g/mol. The van der Waals surface area contributed by atoms with E-state index >= 15 is 0 Å². The van der Waals surface area contributed by atoms with E-state index in [1.54, 1.807) is 4.90 Å². The molecule has 0 bridgehead atoms. The van der Waals surface area contributed by atoms with Gasteiger partial charge in [0.1, 0.15) is 0 Å². The van der Waals surface area contributed by atoms with Gasteiger partial charge in [-0.3, -0.25) is 4.90 Å². The summed E-state index contributed by atoms with van der Waals surface area (Å²) in [5.41, 5.74) is 7.37. The first-order chi connectivity index (χ1) is 7.74. The first-order valence-electron chi connectivity index (χ1n) is 5.24. The average molecular weight is 221 g/mol. The number of aliphatic hydroxyl groups is 1. The smallest absolute Gasteiger partial charge is 0.322 e. The third-order valence-corrected chi connectivity index (χ3v) is 2.68. The molecule has 1 aliphatic heterocycles. The van der Waals surface area contributed by atoms with Crippen LogP contribution in [0.4, 0.5) is 10.5 Å². The van der Waals surface area contributed by atoms with Gasteiger partial charge >= 0.3 is 6.03 Å². The molecule has 1 aromatic carbocycles. The highest BCUT2D eigenvalue weighted by Crippen LogP contribution is 2.25. The van der Waals surface area contributed by atoms with Gasteiger partial charge in [-0.05, 0) is 11.6 Å². The molecular weight excluding hydrogens is 206 g/mol. The normalized spacial score (nSPS) is 17.4. The van der Waals surface area contributed by atoms with E-state index in [4.69, 9.17) is 10.8 Å². The lowest BCUT2D eigenvalue weighted by Crippen LogP contribution is -2.30. The van der Waals surface area contributed by atoms with E-state index < -0.39 is 6.04 Å². The van der Waals surface area contributed by atoms with Crippen LogP contribution >= 0.6 is 0 Å². The molecule has 0 aliphatic carbocycles. The second-order valence-electron chi connectivity index (χ2n) is 3.73. The Balaban J connectivity index is 2.36. The van der Waals surface area contributed by atoms with Crippen LogP contribution in [0.25, 0.3) is 0 Å². The molecular formula is C11H15N3O2. The predicted octanol–water partition coefficient (Wildman–Crippen LogP) is 0.208. The number of nitrogens with one attached hydrogen (secondary N) is 1. The van der Waals surface area contributed by atoms with E-state index in [0.29, 0.717) is 13.1 Å². The summed E-state index contributed by atoms with van der Waals surface area (Å²) >= 11 is 0. The third kappa shape index (κ3) is 1.87. The van der Waals surface area contributed by atoms with Gasteiger partial charge in [0.15, 0.2) is 0 Å². The van der Waals surface area contributed by atoms with Crippen LogP contribution in [0.5, 0.6) is 0 Å². The number of nitrogens with two attached hydrogens (primary N) is 1. The zero-order valence-electron chi connectivity index (χ0n) is 8.89. The molecule has 16 heavy (non-hydrogen) atoms. The molecule has 1 aromatic rings. The number of rotatable bonds is 3. The van der Waals surface area contributed by atoms with Crippen molar-refractivity contribution in [1.29, 1.82) is 0 Å². The van der Waals surface area contributed by atoms with Crippen molar-refractivity contribution >= 4 is 11.7 Å². The molecule has 0 radical (unpaired) electrons. The number of benzene rings is 1. The number of para-hydroxylation sites is 1. The topological polar surface area (TPSA) is 78.6 Å². The molecule has 0 saturated carbocycles. The fourth-order valence-corrected chi connectivity index (χ4v) is 1.85. The van der Waals surface area contributed by atoms with Crippen LogP contribution in [0, 0.1) is 0 Å². The third-order valence-electron chi connectivity index (χ3n) is 2.68. The van der Waals surface area contributed by atoms with Gasteiger partial charge < -0.3 is 16.2 Å². The van der Waals surface area contributed by atoms with Gasteiger partial charge in [-0.1, -0.05) is 18.2 Å². The number of carbonyl (C=O) groups is 1. The molecule has 5 heteroatoms. The number of carbonyl (C=O) groups excluding carboxylic acids is 1. The molecule has 2 rings (SSSR count). The lowest BCUT2D eigenvalue weighted by molar-refractivity contribution is 0.251. The van der Waals surface area contributed by atoms with E-state index in [0.717, 1.165) is 11.3 Å². The fraction of sp³-hybridized carbons (Fsp3) is 0.364. The van der Waals surface area contributed by atoms with Crippen molar-refractivity contribution < 1.29 is 9.90 Å². The van der Waals surface area contributed by atoms with Crippen molar-refractivity contribution in [3.8, 4) is 0 Å². The predicted molar refractivity (Wildman–Crippen MR) is 61.2 cm³/mol. The number of aliphatic hydroxyl groups excluding tert-OH is 1. The van der Waals surface area contributed by atoms with Crippen LogP contribution in [0.3, 0.4) is 0 Å². The highest BCUT2D eigenvalue weighted by atomic mass is 16.3. The van der Waals surface area contributed by atoms with Crippen LogP contribution in [0.2, 0.25) is 0 Å². The summed E-state index contributed by atoms with van der Waals surface area (Å²) in [7, 11) is 0. The van der Waals surface area contributed by atoms with Crippen LogP contribution in [0.1, 0.15) is 11.6 Å². The zero-order chi connectivity index (χ0) is 11.5. The molecule has 1 atom stereocenters. The van der Waals surface area contributed by atoms with Gasteiger partial charge in [-0.25, -0.2) is 4.79 Å². The summed E-state index contributed by atoms with van der Waals surface area (Å²) < 4.78 is 0. The van der Waals surface area contributed by atoms with E-state index in [-0.39, 0.29) is 12.6 Å². The number of anilines is 1. The molecule has 1 aliphatic rings. The van der Waals surface area contributed by atoms with Gasteiger partial charge in [-0.2, -0.15) is 0 Å². The minimum atomic E-state index is -0.454. The Morgan fingerprint density at radius 2 is 2.25 bits per heavy atom. The quantitative estimate of drug-likeness (QED) is 0.682. The van der Waals surface area contributed by atoms with E-state index in [2.05, 4.69) is 5.32 Å². The summed E-state index contributed by atoms with van der Waals surface area (Å²) in [4.78, 5) is 13.2. The summed E-state index contributed by atoms with van der Waals surface area (Å²) in [5.74, 6) is 0. The number of hydrogen-bond acceptors (Lipinski definition) is 3. The van der Waals surface area contributed by atoms with Crippen LogP contribution in [-0.2, 0) is 0 Å². The molecule has 1 unspecified atom stereocenters. The Labute approximate surface area is 93.9 Å². The molecule has 0 aromatic heterocycles. The Morgan fingerprint density at radius 1 is 1.50 bits per heavy atom. The first kappa shape index (κ1) is 10.9. The van der Waals surface area contributed by atoms with Gasteiger partial charge in [0.05, 0.1) is 18.3 Å². The Hall–Kier alpha value is -1.59. The fourth-order valence-electron chi connectivity index (χ4n) is 1.85. The second-order valence-corrected chi connectivity index (χ2v) is 3.73. The number of nitrogens with zero attached hydrogens (tertiary/aromatic N) is 1. The lowest BCUT2D eigenvalue weighted by Gasteiger charge is -2.21. The maximum Gasteiger partial charge on any atom is 0.322 e. The maximum atomic E-state index is 11.5. The average Bonchev–Trinajstić information content (AvgIpc) is 2.74. The molecule has 2 amide bonds. The van der Waals surface area contributed by atoms with Crippen molar-refractivity contribution in [2.24, 2.45) is 5.73 Å². The van der Waals surface area contributed by atoms with Crippen molar-refractivity contribution in [3.05, 3.63) is 29.8 Å². The van der Waals surface area contributed by atoms with Crippen molar-refractivity contribution in [1.82, 2.24) is 5.32 Å². The van der Waals surface area contributed by atoms with Gasteiger partial charge in [-0.15, -0.1) is 0 Å². The standard InChI is InChI=1S/C11H15N3O2/c12-9(7-15)8-3-1-2-4-10(8)14-6-5-13-11(14)16/h1-4,9,15H,5-7,12H2,(H,13,16). The van der Waals surface area contributed by atoms with Crippen molar-refractivity contribution in [2.45, 2.75) is 6.04 Å². The molecule has 4 N–H and O–H groups in total. The van der Waals surface area contributed by atoms with Crippen LogP contribution < -0.4 is 16.0 Å². The molecule has 5 nitrogen and oxygen atoms in total. The maximum absolute atomic E-state index is 11.5. The lowest BCUT2D eigenvalue weighted by atomic mass is 10.1.